The third kappa shape index (κ3) is 1.89. The highest BCUT2D eigenvalue weighted by Crippen LogP contribution is 2.53. The molecule has 0 heterocycles. The van der Waals surface area contributed by atoms with Gasteiger partial charge in [-0.1, -0.05) is 24.6 Å². The number of hydrogen-bond acceptors (Lipinski definition) is 2. The number of rotatable bonds is 4. The van der Waals surface area contributed by atoms with E-state index in [1.807, 2.05) is 19.1 Å². The molecule has 1 aliphatic carbocycles. The van der Waals surface area contributed by atoms with Crippen molar-refractivity contribution in [1.82, 2.24) is 0 Å². The van der Waals surface area contributed by atoms with Gasteiger partial charge in [0.1, 0.15) is 5.75 Å². The second-order valence-electron chi connectivity index (χ2n) is 4.40. The van der Waals surface area contributed by atoms with Crippen molar-refractivity contribution in [1.29, 1.82) is 0 Å². The summed E-state index contributed by atoms with van der Waals surface area (Å²) >= 11 is 6.13. The fraction of sp³-hybridized carbons (Fsp3) is 0.462. The molecule has 1 fully saturated rings. The smallest absolute Gasteiger partial charge is 0.314 e. The van der Waals surface area contributed by atoms with Gasteiger partial charge >= 0.3 is 5.97 Å². The lowest BCUT2D eigenvalue weighted by molar-refractivity contribution is -0.140. The molecular weight excluding hydrogens is 240 g/mol. The summed E-state index contributed by atoms with van der Waals surface area (Å²) in [5.74, 6) is -0.288. The Bertz CT molecular complexity index is 464. The molecule has 0 radical (unpaired) electrons. The molecule has 1 N–H and O–H groups in total. The number of aliphatic carboxylic acids is 1. The fourth-order valence-electron chi connectivity index (χ4n) is 2.14. The Hall–Kier alpha value is -1.22. The van der Waals surface area contributed by atoms with Crippen LogP contribution in [0.15, 0.2) is 12.1 Å². The van der Waals surface area contributed by atoms with Crippen LogP contribution in [0.3, 0.4) is 0 Å². The van der Waals surface area contributed by atoms with Crippen molar-refractivity contribution in [3.8, 4) is 5.75 Å². The number of hydrogen-bond donors (Lipinski definition) is 1. The highest BCUT2D eigenvalue weighted by Gasteiger charge is 2.53. The van der Waals surface area contributed by atoms with E-state index in [2.05, 4.69) is 0 Å². The first kappa shape index (κ1) is 12.2. The number of carboxylic acids is 1. The van der Waals surface area contributed by atoms with E-state index in [4.69, 9.17) is 16.3 Å². The van der Waals surface area contributed by atoms with Crippen molar-refractivity contribution in [2.75, 3.05) is 7.11 Å². The molecule has 0 unspecified atom stereocenters. The van der Waals surface area contributed by atoms with E-state index in [1.165, 1.54) is 7.11 Å². The summed E-state index contributed by atoms with van der Waals surface area (Å²) in [5.41, 5.74) is 0.982. The van der Waals surface area contributed by atoms with Crippen molar-refractivity contribution in [3.05, 3.63) is 28.3 Å². The molecule has 3 nitrogen and oxygen atoms in total. The molecule has 4 heteroatoms. The van der Waals surface area contributed by atoms with Gasteiger partial charge < -0.3 is 9.84 Å². The van der Waals surface area contributed by atoms with E-state index >= 15 is 0 Å². The van der Waals surface area contributed by atoms with Gasteiger partial charge in [0, 0.05) is 5.56 Å². The first-order valence-corrected chi connectivity index (χ1v) is 6.03. The molecular formula is C13H15ClO3. The van der Waals surface area contributed by atoms with E-state index in [0.29, 0.717) is 23.6 Å². The minimum atomic E-state index is -0.792. The van der Waals surface area contributed by atoms with Crippen LogP contribution < -0.4 is 4.74 Å². The molecule has 1 saturated carbocycles. The second kappa shape index (κ2) is 4.22. The van der Waals surface area contributed by atoms with E-state index in [1.54, 1.807) is 0 Å². The Morgan fingerprint density at radius 2 is 2.18 bits per heavy atom. The fourth-order valence-corrected chi connectivity index (χ4v) is 2.46. The lowest BCUT2D eigenvalue weighted by Crippen LogP contribution is -2.20. The van der Waals surface area contributed by atoms with Crippen molar-refractivity contribution >= 4 is 17.6 Å². The zero-order valence-electron chi connectivity index (χ0n) is 9.92. The SMILES string of the molecule is CCc1cc(Cl)c(OC)c(C2(C(=O)O)CC2)c1. The van der Waals surface area contributed by atoms with Crippen LogP contribution in [0.4, 0.5) is 0 Å². The summed E-state index contributed by atoms with van der Waals surface area (Å²) in [6.45, 7) is 2.02. The minimum absolute atomic E-state index is 0.495. The predicted octanol–water partition coefficient (Wildman–Crippen LogP) is 3.03. The number of halogens is 1. The Morgan fingerprint density at radius 3 is 2.59 bits per heavy atom. The van der Waals surface area contributed by atoms with Gasteiger partial charge in [-0.05, 0) is 30.9 Å². The summed E-state index contributed by atoms with van der Waals surface area (Å²) in [4.78, 5) is 11.4. The Labute approximate surface area is 105 Å². The standard InChI is InChI=1S/C13H15ClO3/c1-3-8-6-9(11(17-2)10(14)7-8)13(4-5-13)12(15)16/h6-7H,3-5H2,1-2H3,(H,15,16). The van der Waals surface area contributed by atoms with Gasteiger partial charge in [-0.15, -0.1) is 0 Å². The second-order valence-corrected chi connectivity index (χ2v) is 4.81. The molecule has 2 rings (SSSR count). The molecule has 92 valence electrons. The van der Waals surface area contributed by atoms with E-state index < -0.39 is 11.4 Å². The molecule has 1 aromatic rings. The first-order chi connectivity index (χ1) is 8.05. The summed E-state index contributed by atoms with van der Waals surface area (Å²) in [6, 6.07) is 3.74. The molecule has 0 aromatic heterocycles. The molecule has 0 bridgehead atoms. The zero-order valence-corrected chi connectivity index (χ0v) is 10.7. The van der Waals surface area contributed by atoms with Crippen LogP contribution in [-0.2, 0) is 16.6 Å². The summed E-state index contributed by atoms with van der Waals surface area (Å²) in [6.07, 6.45) is 2.14. The molecule has 0 spiro atoms. The minimum Gasteiger partial charge on any atom is -0.495 e. The molecule has 17 heavy (non-hydrogen) atoms. The molecule has 0 atom stereocenters. The van der Waals surface area contributed by atoms with Gasteiger partial charge in [0.25, 0.3) is 0 Å². The number of benzene rings is 1. The van der Waals surface area contributed by atoms with Crippen LogP contribution in [0.5, 0.6) is 5.75 Å². The quantitative estimate of drug-likeness (QED) is 0.898. The number of aryl methyl sites for hydroxylation is 1. The molecule has 1 aliphatic rings. The van der Waals surface area contributed by atoms with Crippen LogP contribution in [0.1, 0.15) is 30.9 Å². The topological polar surface area (TPSA) is 46.5 Å². The maximum Gasteiger partial charge on any atom is 0.314 e. The molecule has 0 saturated heterocycles. The predicted molar refractivity (Wildman–Crippen MR) is 65.9 cm³/mol. The van der Waals surface area contributed by atoms with Gasteiger partial charge in [-0.2, -0.15) is 0 Å². The van der Waals surface area contributed by atoms with Crippen molar-refractivity contribution in [2.45, 2.75) is 31.6 Å². The van der Waals surface area contributed by atoms with E-state index in [9.17, 15) is 9.90 Å². The highest BCUT2D eigenvalue weighted by atomic mass is 35.5. The number of carboxylic acid groups (broad SMARTS) is 1. The third-order valence-corrected chi connectivity index (χ3v) is 3.67. The summed E-state index contributed by atoms with van der Waals surface area (Å²) in [5, 5.41) is 9.83. The van der Waals surface area contributed by atoms with Gasteiger partial charge in [-0.3, -0.25) is 4.79 Å². The monoisotopic (exact) mass is 254 g/mol. The van der Waals surface area contributed by atoms with Gasteiger partial charge in [-0.25, -0.2) is 0 Å². The summed E-state index contributed by atoms with van der Waals surface area (Å²) in [7, 11) is 1.52. The van der Waals surface area contributed by atoms with Crippen LogP contribution >= 0.6 is 11.6 Å². The molecule has 0 amide bonds. The molecule has 1 aromatic carbocycles. The normalized spacial score (nSPS) is 16.6. The Morgan fingerprint density at radius 1 is 1.53 bits per heavy atom. The van der Waals surface area contributed by atoms with Crippen LogP contribution in [0.25, 0.3) is 0 Å². The maximum absolute atomic E-state index is 11.4. The average Bonchev–Trinajstić information content (AvgIpc) is 3.09. The van der Waals surface area contributed by atoms with Crippen molar-refractivity contribution < 1.29 is 14.6 Å². The van der Waals surface area contributed by atoms with Gasteiger partial charge in [0.05, 0.1) is 17.5 Å². The van der Waals surface area contributed by atoms with Crippen molar-refractivity contribution in [3.63, 3.8) is 0 Å². The number of methoxy groups -OCH3 is 1. The lowest BCUT2D eigenvalue weighted by Gasteiger charge is -2.17. The number of ether oxygens (including phenoxy) is 1. The number of carbonyl (C=O) groups is 1. The largest absolute Gasteiger partial charge is 0.495 e. The van der Waals surface area contributed by atoms with Crippen LogP contribution in [-0.4, -0.2) is 18.2 Å². The van der Waals surface area contributed by atoms with Gasteiger partial charge in [0.15, 0.2) is 0 Å². The van der Waals surface area contributed by atoms with Crippen molar-refractivity contribution in [2.24, 2.45) is 0 Å². The van der Waals surface area contributed by atoms with E-state index in [-0.39, 0.29) is 0 Å². The summed E-state index contributed by atoms with van der Waals surface area (Å²) < 4.78 is 5.26. The lowest BCUT2D eigenvalue weighted by atomic mass is 9.93. The zero-order chi connectivity index (χ0) is 12.6. The highest BCUT2D eigenvalue weighted by molar-refractivity contribution is 6.32. The first-order valence-electron chi connectivity index (χ1n) is 5.65. The van der Waals surface area contributed by atoms with E-state index in [0.717, 1.165) is 17.5 Å². The average molecular weight is 255 g/mol. The van der Waals surface area contributed by atoms with Crippen LogP contribution in [0, 0.1) is 0 Å². The Kier molecular flexibility index (Phi) is 3.04. The maximum atomic E-state index is 11.4. The van der Waals surface area contributed by atoms with Crippen LogP contribution in [0.2, 0.25) is 5.02 Å². The molecule has 0 aliphatic heterocycles. The van der Waals surface area contributed by atoms with Gasteiger partial charge in [0.2, 0.25) is 0 Å². The Balaban J connectivity index is 2.59. The third-order valence-electron chi connectivity index (χ3n) is 3.39.